The van der Waals surface area contributed by atoms with Gasteiger partial charge in [-0.15, -0.1) is 0 Å². The first-order valence-electron chi connectivity index (χ1n) is 5.31. The molecule has 3 atom stereocenters. The molecule has 0 aliphatic carbocycles. The van der Waals surface area contributed by atoms with Gasteiger partial charge in [0.15, 0.2) is 0 Å². The summed E-state index contributed by atoms with van der Waals surface area (Å²) in [6.07, 6.45) is -1.73. The van der Waals surface area contributed by atoms with Crippen molar-refractivity contribution in [3.63, 3.8) is 0 Å². The summed E-state index contributed by atoms with van der Waals surface area (Å²) >= 11 is 0. The molecule has 0 fully saturated rings. The molecule has 0 radical (unpaired) electrons. The number of carbonyl (C=O) groups excluding carboxylic acids is 1. The van der Waals surface area contributed by atoms with Crippen LogP contribution in [0.1, 0.15) is 36.8 Å². The minimum Gasteiger partial charge on any atom is -0.444 e. The van der Waals surface area contributed by atoms with Crippen molar-refractivity contribution in [3.8, 4) is 0 Å². The molecule has 2 unspecified atom stereocenters. The van der Waals surface area contributed by atoms with Crippen LogP contribution in [0.4, 0.5) is 4.79 Å². The van der Waals surface area contributed by atoms with Gasteiger partial charge in [0.05, 0.1) is 1.37 Å². The summed E-state index contributed by atoms with van der Waals surface area (Å²) in [4.78, 5) is 11.2. The highest BCUT2D eigenvalue weighted by atomic mass is 16.6. The Kier molecular flexibility index (Phi) is 3.43. The lowest BCUT2D eigenvalue weighted by molar-refractivity contribution is 0.0502. The molecule has 0 aromatic heterocycles. The number of aliphatic hydroxyl groups is 1. The molecular weight excluding hydrogens is 170 g/mol. The summed E-state index contributed by atoms with van der Waals surface area (Å²) in [6.45, 7) is 5.20. The predicted molar refractivity (Wildman–Crippen MR) is 50.5 cm³/mol. The highest BCUT2D eigenvalue weighted by Crippen LogP contribution is 2.06. The number of amides is 1. The minimum absolute atomic E-state index is 0.596. The number of hydrogen-bond donors (Lipinski definition) is 2. The maximum absolute atomic E-state index is 11.2. The van der Waals surface area contributed by atoms with Gasteiger partial charge in [0.1, 0.15) is 5.60 Å². The number of rotatable bonds is 3. The Morgan fingerprint density at radius 1 is 1.69 bits per heavy atom. The Labute approximate surface area is 82.1 Å². The molecule has 0 aromatic rings. The van der Waals surface area contributed by atoms with Gasteiger partial charge in [-0.2, -0.15) is 0 Å². The maximum atomic E-state index is 11.2. The first-order chi connectivity index (χ1) is 6.63. The van der Waals surface area contributed by atoms with Crippen LogP contribution >= 0.6 is 0 Å². The van der Waals surface area contributed by atoms with Crippen LogP contribution in [0.25, 0.3) is 0 Å². The summed E-state index contributed by atoms with van der Waals surface area (Å²) in [5.74, 6) is 0. The van der Waals surface area contributed by atoms with Crippen molar-refractivity contribution < 1.29 is 17.4 Å². The van der Waals surface area contributed by atoms with Gasteiger partial charge >= 0.3 is 6.09 Å². The smallest absolute Gasteiger partial charge is 0.407 e. The number of alkyl carbamates (subject to hydrolysis) is 1. The van der Waals surface area contributed by atoms with Gasteiger partial charge in [-0.1, -0.05) is 0 Å². The molecule has 0 aliphatic heterocycles. The molecule has 0 bridgehead atoms. The Hall–Kier alpha value is -0.770. The van der Waals surface area contributed by atoms with E-state index in [1.165, 1.54) is 0 Å². The van der Waals surface area contributed by atoms with Gasteiger partial charge in [-0.3, -0.25) is 0 Å². The van der Waals surface area contributed by atoms with Crippen LogP contribution in [0.3, 0.4) is 0 Å². The normalized spacial score (nSPS) is 20.7. The quantitative estimate of drug-likeness (QED) is 0.706. The van der Waals surface area contributed by atoms with Crippen molar-refractivity contribution in [2.45, 2.75) is 45.7 Å². The van der Waals surface area contributed by atoms with Crippen molar-refractivity contribution in [1.82, 2.24) is 5.32 Å². The molecule has 0 spiro atoms. The molecule has 78 valence electrons. The van der Waals surface area contributed by atoms with Crippen LogP contribution < -0.4 is 5.32 Å². The number of carbonyl (C=O) groups is 1. The Morgan fingerprint density at radius 3 is 2.62 bits per heavy atom. The summed E-state index contributed by atoms with van der Waals surface area (Å²) < 4.78 is 19.2. The largest absolute Gasteiger partial charge is 0.444 e. The van der Waals surface area contributed by atoms with Crippen LogP contribution in [0, 0.1) is 0 Å². The molecule has 0 rings (SSSR count). The van der Waals surface area contributed by atoms with Gasteiger partial charge in [0.25, 0.3) is 0 Å². The maximum Gasteiger partial charge on any atom is 0.407 e. The molecule has 0 aromatic carbocycles. The molecule has 0 saturated heterocycles. The van der Waals surface area contributed by atoms with Crippen LogP contribution in [0.15, 0.2) is 0 Å². The van der Waals surface area contributed by atoms with Gasteiger partial charge in [-0.25, -0.2) is 4.79 Å². The Balaban J connectivity index is 4.08. The summed E-state index contributed by atoms with van der Waals surface area (Å²) in [6, 6.07) is -0.632. The fourth-order valence-corrected chi connectivity index (χ4v) is 0.671. The van der Waals surface area contributed by atoms with E-state index in [1.54, 1.807) is 27.7 Å². The van der Waals surface area contributed by atoms with Crippen molar-refractivity contribution in [2.75, 3.05) is 6.58 Å². The summed E-state index contributed by atoms with van der Waals surface area (Å²) in [7, 11) is 0. The first-order valence-corrected chi connectivity index (χ1v) is 4.15. The number of hydrogen-bond acceptors (Lipinski definition) is 3. The van der Waals surface area contributed by atoms with Crippen molar-refractivity contribution in [1.29, 1.82) is 0 Å². The fraction of sp³-hybridized carbons (Fsp3) is 0.889. The van der Waals surface area contributed by atoms with Crippen LogP contribution in [0.2, 0.25) is 0 Å². The second-order valence-corrected chi connectivity index (χ2v) is 3.78. The molecule has 4 nitrogen and oxygen atoms in total. The van der Waals surface area contributed by atoms with Gasteiger partial charge in [0, 0.05) is 14.0 Å². The summed E-state index contributed by atoms with van der Waals surface area (Å²) in [5, 5.41) is 11.2. The molecule has 1 amide bonds. The third kappa shape index (κ3) is 7.59. The van der Waals surface area contributed by atoms with Crippen molar-refractivity contribution in [3.05, 3.63) is 0 Å². The number of nitrogens with one attached hydrogen (secondary N) is 1. The second-order valence-electron chi connectivity index (χ2n) is 3.78. The zero-order valence-corrected chi connectivity index (χ0v) is 8.50. The van der Waals surface area contributed by atoms with E-state index in [0.29, 0.717) is 0 Å². The SMILES string of the molecule is [2H]C(O)C([2H])[C@@H](C)NC(=O)OC(C)(C)C. The molecule has 0 heterocycles. The average Bonchev–Trinajstić information content (AvgIpc) is 1.98. The van der Waals surface area contributed by atoms with Gasteiger partial charge in [-0.05, 0) is 34.1 Å². The lowest BCUT2D eigenvalue weighted by atomic mass is 10.2. The van der Waals surface area contributed by atoms with Crippen LogP contribution in [-0.2, 0) is 4.74 Å². The second kappa shape index (κ2) is 5.07. The predicted octanol–water partition coefficient (Wildman–Crippen LogP) is 1.28. The molecule has 13 heavy (non-hydrogen) atoms. The highest BCUT2D eigenvalue weighted by Gasteiger charge is 2.17. The third-order valence-electron chi connectivity index (χ3n) is 1.12. The third-order valence-corrected chi connectivity index (χ3v) is 1.12. The van der Waals surface area contributed by atoms with Crippen LogP contribution in [0.5, 0.6) is 0 Å². The van der Waals surface area contributed by atoms with Gasteiger partial charge < -0.3 is 15.2 Å². The lowest BCUT2D eigenvalue weighted by Crippen LogP contribution is -2.38. The highest BCUT2D eigenvalue weighted by molar-refractivity contribution is 5.67. The first kappa shape index (κ1) is 8.81. The van der Waals surface area contributed by atoms with E-state index >= 15 is 0 Å². The molecule has 0 aliphatic rings. The zero-order valence-electron chi connectivity index (χ0n) is 10.5. The molecule has 0 saturated carbocycles. The van der Waals surface area contributed by atoms with E-state index in [4.69, 9.17) is 12.6 Å². The Morgan fingerprint density at radius 2 is 2.23 bits per heavy atom. The van der Waals surface area contributed by atoms with Crippen molar-refractivity contribution in [2.24, 2.45) is 0 Å². The zero-order chi connectivity index (χ0) is 12.2. The molecule has 2 N–H and O–H groups in total. The van der Waals surface area contributed by atoms with Crippen molar-refractivity contribution >= 4 is 6.09 Å². The average molecular weight is 191 g/mol. The Bertz CT molecular complexity index is 216. The monoisotopic (exact) mass is 191 g/mol. The minimum atomic E-state index is -1.53. The number of ether oxygens (including phenoxy) is 1. The standard InChI is InChI=1S/C9H19NO3/c1-7(5-6-11)10-8(12)13-9(2,3)4/h7,11H,5-6H2,1-4H3,(H,10,12)/t7-/m1/s1/i5D,6D/t5?,6?,7-. The number of aliphatic hydroxyl groups excluding tert-OH is 1. The van der Waals surface area contributed by atoms with E-state index in [-0.39, 0.29) is 0 Å². The van der Waals surface area contributed by atoms with Gasteiger partial charge in [0.2, 0.25) is 0 Å². The van der Waals surface area contributed by atoms with E-state index < -0.39 is 30.7 Å². The lowest BCUT2D eigenvalue weighted by Gasteiger charge is -2.21. The van der Waals surface area contributed by atoms with Crippen LogP contribution in [-0.4, -0.2) is 29.4 Å². The van der Waals surface area contributed by atoms with E-state index in [1.807, 2.05) is 0 Å². The topological polar surface area (TPSA) is 58.6 Å². The van der Waals surface area contributed by atoms with E-state index in [9.17, 15) is 4.79 Å². The summed E-state index contributed by atoms with van der Waals surface area (Å²) in [5.41, 5.74) is -0.596. The molecule has 4 heteroatoms. The fourth-order valence-electron chi connectivity index (χ4n) is 0.671. The molecular formula is C9H19NO3. The van der Waals surface area contributed by atoms with E-state index in [2.05, 4.69) is 5.32 Å². The van der Waals surface area contributed by atoms with E-state index in [0.717, 1.165) is 0 Å².